The van der Waals surface area contributed by atoms with Crippen LogP contribution in [0.3, 0.4) is 0 Å². The van der Waals surface area contributed by atoms with E-state index in [-0.39, 0.29) is 0 Å². The Bertz CT molecular complexity index is 754. The first-order chi connectivity index (χ1) is 11.0. The summed E-state index contributed by atoms with van der Waals surface area (Å²) >= 11 is -1.03. The van der Waals surface area contributed by atoms with Gasteiger partial charge in [0.15, 0.2) is 0 Å². The van der Waals surface area contributed by atoms with Crippen molar-refractivity contribution in [2.45, 2.75) is 43.5 Å². The van der Waals surface area contributed by atoms with E-state index in [1.165, 1.54) is 5.79 Å². The van der Waals surface area contributed by atoms with Gasteiger partial charge in [0.25, 0.3) is 0 Å². The third kappa shape index (κ3) is 3.71. The van der Waals surface area contributed by atoms with Crippen LogP contribution in [0.1, 0.15) is 13.8 Å². The second-order valence-electron chi connectivity index (χ2n) is 7.90. The fourth-order valence-electron chi connectivity index (χ4n) is 2.47. The molecule has 132 valence electrons. The van der Waals surface area contributed by atoms with Crippen LogP contribution in [0.5, 0.6) is 11.5 Å². The summed E-state index contributed by atoms with van der Waals surface area (Å²) in [7, 11) is 0. The molecular formula is C18H28O2S2Sn2. The Morgan fingerprint density at radius 1 is 0.667 bits per heavy atom. The molecule has 0 saturated heterocycles. The van der Waals surface area contributed by atoms with Gasteiger partial charge in [0.05, 0.1) is 0 Å². The zero-order valence-corrected chi connectivity index (χ0v) is 23.2. The Morgan fingerprint density at radius 3 is 1.21 bits per heavy atom. The van der Waals surface area contributed by atoms with Crippen LogP contribution in [0.15, 0.2) is 12.1 Å². The van der Waals surface area contributed by atoms with Gasteiger partial charge >= 0.3 is 149 Å². The van der Waals surface area contributed by atoms with Gasteiger partial charge in [-0.25, -0.2) is 0 Å². The molecule has 1 aromatic carbocycles. The first-order valence-corrected chi connectivity index (χ1v) is 30.0. The molecule has 24 heavy (non-hydrogen) atoms. The number of phenols is 2. The maximum absolute atomic E-state index is 10.7. The standard InChI is InChI=1S/C10H4O2S2.C2H6.6CH3.2Sn/c11-7-5-1-3-13-9(5)8(12)6-2-4-14-10(6)7;1-2;;;;;;;;/h1-2,11-12H;1-2H3;6*1H3;;. The molecule has 2 aromatic heterocycles. The van der Waals surface area contributed by atoms with Crippen molar-refractivity contribution < 1.29 is 10.2 Å². The fourth-order valence-corrected chi connectivity index (χ4v) is 15.1. The van der Waals surface area contributed by atoms with Gasteiger partial charge in [-0.3, -0.25) is 0 Å². The van der Waals surface area contributed by atoms with Gasteiger partial charge in [-0.1, -0.05) is 13.8 Å². The van der Waals surface area contributed by atoms with Crippen LogP contribution in [-0.2, 0) is 0 Å². The van der Waals surface area contributed by atoms with Crippen molar-refractivity contribution in [2.24, 2.45) is 0 Å². The van der Waals surface area contributed by atoms with Crippen LogP contribution < -0.4 is 5.79 Å². The monoisotopic (exact) mass is 580 g/mol. The number of benzene rings is 1. The second kappa shape index (κ2) is 7.16. The van der Waals surface area contributed by atoms with E-state index in [2.05, 4.69) is 41.8 Å². The molecule has 0 radical (unpaired) electrons. The van der Waals surface area contributed by atoms with Crippen molar-refractivity contribution in [1.82, 2.24) is 0 Å². The van der Waals surface area contributed by atoms with E-state index in [0.29, 0.717) is 11.5 Å². The number of thiophene rings is 2. The SMILES string of the molecule is CC.[CH3][Sn]([CH3])([CH3])[c]1cc2c(O)c3s[c]([Sn]([CH3])([CH3])[CH3])cc3c(O)c2s1. The predicted molar refractivity (Wildman–Crippen MR) is 118 cm³/mol. The van der Waals surface area contributed by atoms with Crippen molar-refractivity contribution in [3.8, 4) is 11.5 Å². The number of hydrogen-bond acceptors (Lipinski definition) is 4. The van der Waals surface area contributed by atoms with Gasteiger partial charge in [-0.15, -0.1) is 0 Å². The Morgan fingerprint density at radius 2 is 0.958 bits per heavy atom. The molecule has 2 nitrogen and oxygen atoms in total. The van der Waals surface area contributed by atoms with E-state index < -0.39 is 36.8 Å². The van der Waals surface area contributed by atoms with E-state index in [0.717, 1.165) is 20.2 Å². The Labute approximate surface area is 161 Å². The normalized spacial score (nSPS) is 12.5. The third-order valence-corrected chi connectivity index (χ3v) is 25.0. The molecule has 0 bridgehead atoms. The topological polar surface area (TPSA) is 40.5 Å². The van der Waals surface area contributed by atoms with Gasteiger partial charge in [-0.05, 0) is 0 Å². The van der Waals surface area contributed by atoms with Crippen LogP contribution in [-0.4, -0.2) is 47.0 Å². The molecule has 0 amide bonds. The molecule has 2 N–H and O–H groups in total. The summed E-state index contributed by atoms with van der Waals surface area (Å²) in [6, 6.07) is 4.26. The van der Waals surface area contributed by atoms with E-state index in [9.17, 15) is 10.2 Å². The van der Waals surface area contributed by atoms with Crippen LogP contribution in [0.4, 0.5) is 0 Å². The van der Waals surface area contributed by atoms with Crippen LogP contribution in [0.2, 0.25) is 29.6 Å². The molecule has 0 atom stereocenters. The van der Waals surface area contributed by atoms with Crippen molar-refractivity contribution in [3.63, 3.8) is 0 Å². The molecule has 0 unspecified atom stereocenters. The van der Waals surface area contributed by atoms with Crippen LogP contribution >= 0.6 is 22.7 Å². The number of aromatic hydroxyl groups is 2. The first-order valence-electron chi connectivity index (χ1n) is 8.42. The third-order valence-electron chi connectivity index (χ3n) is 3.88. The summed E-state index contributed by atoms with van der Waals surface area (Å²) < 4.78 is 4.51. The Kier molecular flexibility index (Phi) is 6.16. The Balaban J connectivity index is 0.00000100. The van der Waals surface area contributed by atoms with Crippen molar-refractivity contribution >= 4 is 85.4 Å². The fraction of sp³-hybridized carbons (Fsp3) is 0.444. The number of fused-ring (bicyclic) bond motifs is 2. The van der Waals surface area contributed by atoms with Crippen LogP contribution in [0, 0.1) is 0 Å². The van der Waals surface area contributed by atoms with Crippen molar-refractivity contribution in [3.05, 3.63) is 12.1 Å². The second-order valence-corrected chi connectivity index (χ2v) is 40.8. The average Bonchev–Trinajstić information content (AvgIpc) is 3.11. The van der Waals surface area contributed by atoms with Crippen molar-refractivity contribution in [2.75, 3.05) is 0 Å². The molecule has 3 aromatic rings. The molecule has 0 aliphatic rings. The zero-order chi connectivity index (χ0) is 18.4. The maximum atomic E-state index is 10.7. The zero-order valence-electron chi connectivity index (χ0n) is 15.9. The molecule has 0 aliphatic carbocycles. The summed E-state index contributed by atoms with van der Waals surface area (Å²) in [6.45, 7) is 4.00. The number of phenolic OH excluding ortho intramolecular Hbond substituents is 2. The predicted octanol–water partition coefficient (Wildman–Crippen LogP) is 5.64. The summed E-state index contributed by atoms with van der Waals surface area (Å²) in [6.07, 6.45) is 0. The van der Waals surface area contributed by atoms with E-state index in [1.807, 2.05) is 13.8 Å². The molecule has 6 heteroatoms. The molecule has 3 rings (SSSR count). The first kappa shape index (κ1) is 20.6. The molecular weight excluding hydrogens is 550 g/mol. The molecule has 0 spiro atoms. The van der Waals surface area contributed by atoms with E-state index in [4.69, 9.17) is 0 Å². The summed E-state index contributed by atoms with van der Waals surface area (Å²) in [5.74, 6) is 0.736. The van der Waals surface area contributed by atoms with E-state index >= 15 is 0 Å². The van der Waals surface area contributed by atoms with Gasteiger partial charge in [0, 0.05) is 0 Å². The van der Waals surface area contributed by atoms with Crippen LogP contribution in [0.25, 0.3) is 20.2 Å². The van der Waals surface area contributed by atoms with Gasteiger partial charge in [0.2, 0.25) is 0 Å². The van der Waals surface area contributed by atoms with Gasteiger partial charge in [0.1, 0.15) is 0 Å². The molecule has 0 aliphatic heterocycles. The summed E-state index contributed by atoms with van der Waals surface area (Å²) in [4.78, 5) is 14.2. The minimum absolute atomic E-state index is 0.368. The van der Waals surface area contributed by atoms with Gasteiger partial charge < -0.3 is 0 Å². The number of hydrogen-bond donors (Lipinski definition) is 2. The Hall–Kier alpha value is 0.337. The van der Waals surface area contributed by atoms with Crippen molar-refractivity contribution in [1.29, 1.82) is 0 Å². The minimum atomic E-state index is -2.20. The average molecular weight is 578 g/mol. The number of rotatable bonds is 2. The van der Waals surface area contributed by atoms with E-state index in [1.54, 1.807) is 22.7 Å². The molecule has 0 fully saturated rings. The summed E-state index contributed by atoms with van der Waals surface area (Å²) in [5, 5.41) is 23.2. The molecule has 0 saturated carbocycles. The summed E-state index contributed by atoms with van der Waals surface area (Å²) in [5.41, 5.74) is 0. The quantitative estimate of drug-likeness (QED) is 0.306. The van der Waals surface area contributed by atoms with Gasteiger partial charge in [-0.2, -0.15) is 0 Å². The molecule has 2 heterocycles.